The van der Waals surface area contributed by atoms with Gasteiger partial charge in [-0.1, -0.05) is 50.1 Å². The van der Waals surface area contributed by atoms with Crippen LogP contribution in [0.5, 0.6) is 0 Å². The number of carbonyl (C=O) groups excluding carboxylic acids is 2. The maximum Gasteiger partial charge on any atom is 0.222 e. The van der Waals surface area contributed by atoms with Crippen molar-refractivity contribution in [2.45, 2.75) is 45.4 Å². The first-order valence-corrected chi connectivity index (χ1v) is 8.06. The molecule has 1 aliphatic rings. The Labute approximate surface area is 127 Å². The van der Waals surface area contributed by atoms with Crippen molar-refractivity contribution in [1.82, 2.24) is 4.90 Å². The Balaban J connectivity index is 1.84. The predicted octanol–water partition coefficient (Wildman–Crippen LogP) is 3.69. The van der Waals surface area contributed by atoms with Crippen molar-refractivity contribution < 1.29 is 9.59 Å². The van der Waals surface area contributed by atoms with Crippen LogP contribution in [-0.4, -0.2) is 29.7 Å². The monoisotopic (exact) mass is 287 g/mol. The molecule has 0 saturated carbocycles. The first-order valence-electron chi connectivity index (χ1n) is 8.06. The summed E-state index contributed by atoms with van der Waals surface area (Å²) in [5.74, 6) is 1.01. The van der Waals surface area contributed by atoms with E-state index in [0.717, 1.165) is 24.9 Å². The van der Waals surface area contributed by atoms with E-state index in [9.17, 15) is 9.59 Å². The van der Waals surface area contributed by atoms with E-state index < -0.39 is 0 Å². The molecular weight excluding hydrogens is 262 g/mol. The summed E-state index contributed by atoms with van der Waals surface area (Å²) < 4.78 is 0. The molecule has 114 valence electrons. The lowest BCUT2D eigenvalue weighted by atomic mass is 9.96. The number of likely N-dealkylation sites (tertiary alicyclic amines) is 1. The molecule has 0 bridgehead atoms. The molecule has 21 heavy (non-hydrogen) atoms. The van der Waals surface area contributed by atoms with E-state index in [0.29, 0.717) is 25.3 Å². The van der Waals surface area contributed by atoms with Crippen molar-refractivity contribution in [3.05, 3.63) is 35.9 Å². The van der Waals surface area contributed by atoms with Crippen LogP contribution in [0, 0.1) is 5.92 Å². The van der Waals surface area contributed by atoms with Gasteiger partial charge in [0.05, 0.1) is 0 Å². The van der Waals surface area contributed by atoms with Gasteiger partial charge in [-0.05, 0) is 18.8 Å². The lowest BCUT2D eigenvalue weighted by Gasteiger charge is -2.20. The summed E-state index contributed by atoms with van der Waals surface area (Å²) in [6.07, 6.45) is 5.56. The van der Waals surface area contributed by atoms with Gasteiger partial charge in [0.25, 0.3) is 0 Å². The van der Waals surface area contributed by atoms with Crippen LogP contribution < -0.4 is 0 Å². The third-order valence-corrected chi connectivity index (χ3v) is 4.33. The Hall–Kier alpha value is -1.64. The average molecular weight is 287 g/mol. The van der Waals surface area contributed by atoms with Gasteiger partial charge in [-0.15, -0.1) is 0 Å². The van der Waals surface area contributed by atoms with Crippen molar-refractivity contribution in [3.8, 4) is 0 Å². The van der Waals surface area contributed by atoms with Gasteiger partial charge in [0, 0.05) is 31.5 Å². The van der Waals surface area contributed by atoms with E-state index in [4.69, 9.17) is 0 Å². The van der Waals surface area contributed by atoms with Crippen LogP contribution in [0.2, 0.25) is 0 Å². The Bertz CT molecular complexity index is 469. The van der Waals surface area contributed by atoms with Crippen LogP contribution in [0.3, 0.4) is 0 Å². The zero-order chi connectivity index (χ0) is 15.1. The Morgan fingerprint density at radius 1 is 1.24 bits per heavy atom. The molecule has 1 saturated heterocycles. The number of benzene rings is 1. The van der Waals surface area contributed by atoms with Gasteiger partial charge < -0.3 is 4.90 Å². The summed E-state index contributed by atoms with van der Waals surface area (Å²) in [6, 6.07) is 9.33. The molecule has 3 nitrogen and oxygen atoms in total. The summed E-state index contributed by atoms with van der Waals surface area (Å²) in [7, 11) is 0. The van der Waals surface area contributed by atoms with Crippen molar-refractivity contribution in [2.75, 3.05) is 13.1 Å². The molecule has 1 aliphatic heterocycles. The number of ketones is 1. The summed E-state index contributed by atoms with van der Waals surface area (Å²) in [6.45, 7) is 3.57. The minimum Gasteiger partial charge on any atom is -0.342 e. The molecule has 1 amide bonds. The van der Waals surface area contributed by atoms with Crippen LogP contribution in [0.1, 0.15) is 55.8 Å². The number of rotatable bonds is 6. The molecule has 0 radical (unpaired) electrons. The number of hydrogen-bond acceptors (Lipinski definition) is 2. The second-order valence-corrected chi connectivity index (χ2v) is 5.90. The molecule has 0 spiro atoms. The highest BCUT2D eigenvalue weighted by atomic mass is 16.2. The van der Waals surface area contributed by atoms with Crippen molar-refractivity contribution in [1.29, 1.82) is 0 Å². The fraction of sp³-hybridized carbons (Fsp3) is 0.556. The standard InChI is InChI=1S/C18H25NO2/c1-2-6-15-9-10-18(21)19(13-11-15)14-12-17(20)16-7-4-3-5-8-16/h3-5,7-8,15H,2,6,9-14H2,1H3. The first-order chi connectivity index (χ1) is 10.2. The molecule has 3 heteroatoms. The highest BCUT2D eigenvalue weighted by Gasteiger charge is 2.22. The van der Waals surface area contributed by atoms with Crippen molar-refractivity contribution in [2.24, 2.45) is 5.92 Å². The summed E-state index contributed by atoms with van der Waals surface area (Å²) in [5.41, 5.74) is 0.739. The smallest absolute Gasteiger partial charge is 0.222 e. The third kappa shape index (κ3) is 4.69. The highest BCUT2D eigenvalue weighted by Crippen LogP contribution is 2.22. The fourth-order valence-electron chi connectivity index (χ4n) is 3.03. The predicted molar refractivity (Wildman–Crippen MR) is 84.2 cm³/mol. The zero-order valence-corrected chi connectivity index (χ0v) is 12.9. The number of Topliss-reactive ketones (excluding diaryl/α,β-unsaturated/α-hetero) is 1. The molecular formula is C18H25NO2. The first kappa shape index (κ1) is 15.7. The Morgan fingerprint density at radius 2 is 2.00 bits per heavy atom. The van der Waals surface area contributed by atoms with Crippen molar-refractivity contribution in [3.63, 3.8) is 0 Å². The van der Waals surface area contributed by atoms with Gasteiger partial charge in [0.15, 0.2) is 5.78 Å². The van der Waals surface area contributed by atoms with Gasteiger partial charge in [-0.25, -0.2) is 0 Å². The molecule has 1 fully saturated rings. The second kappa shape index (κ2) is 7.96. The van der Waals surface area contributed by atoms with E-state index in [1.165, 1.54) is 12.8 Å². The molecule has 1 unspecified atom stereocenters. The molecule has 0 aromatic heterocycles. The maximum absolute atomic E-state index is 12.1. The van der Waals surface area contributed by atoms with Crippen LogP contribution in [-0.2, 0) is 4.79 Å². The normalized spacial score (nSPS) is 19.4. The summed E-state index contributed by atoms with van der Waals surface area (Å²) in [4.78, 5) is 26.1. The highest BCUT2D eigenvalue weighted by molar-refractivity contribution is 5.96. The average Bonchev–Trinajstić information content (AvgIpc) is 2.69. The van der Waals surface area contributed by atoms with Gasteiger partial charge in [-0.3, -0.25) is 9.59 Å². The summed E-state index contributed by atoms with van der Waals surface area (Å²) in [5, 5.41) is 0. The maximum atomic E-state index is 12.1. The largest absolute Gasteiger partial charge is 0.342 e. The second-order valence-electron chi connectivity index (χ2n) is 5.90. The van der Waals surface area contributed by atoms with E-state index >= 15 is 0 Å². The van der Waals surface area contributed by atoms with Crippen molar-refractivity contribution >= 4 is 11.7 Å². The Morgan fingerprint density at radius 3 is 2.71 bits per heavy atom. The van der Waals surface area contributed by atoms with Crippen LogP contribution in [0.25, 0.3) is 0 Å². The third-order valence-electron chi connectivity index (χ3n) is 4.33. The fourth-order valence-corrected chi connectivity index (χ4v) is 3.03. The van der Waals surface area contributed by atoms with Gasteiger partial charge in [0.2, 0.25) is 5.91 Å². The van der Waals surface area contributed by atoms with Crippen LogP contribution in [0.4, 0.5) is 0 Å². The van der Waals surface area contributed by atoms with Gasteiger partial charge >= 0.3 is 0 Å². The van der Waals surface area contributed by atoms with Crippen LogP contribution >= 0.6 is 0 Å². The quantitative estimate of drug-likeness (QED) is 0.748. The minimum atomic E-state index is 0.123. The molecule has 1 heterocycles. The molecule has 2 rings (SSSR count). The Kier molecular flexibility index (Phi) is 5.97. The van der Waals surface area contributed by atoms with E-state index in [1.807, 2.05) is 35.2 Å². The molecule has 1 aromatic carbocycles. The number of carbonyl (C=O) groups is 2. The minimum absolute atomic E-state index is 0.123. The number of nitrogens with zero attached hydrogens (tertiary/aromatic N) is 1. The molecule has 1 aromatic rings. The lowest BCUT2D eigenvalue weighted by Crippen LogP contribution is -2.32. The molecule has 0 N–H and O–H groups in total. The van der Waals surface area contributed by atoms with Gasteiger partial charge in [-0.2, -0.15) is 0 Å². The molecule has 0 aliphatic carbocycles. The van der Waals surface area contributed by atoms with Crippen LogP contribution in [0.15, 0.2) is 30.3 Å². The van der Waals surface area contributed by atoms with E-state index in [1.54, 1.807) is 0 Å². The van der Waals surface area contributed by atoms with Gasteiger partial charge in [0.1, 0.15) is 0 Å². The lowest BCUT2D eigenvalue weighted by molar-refractivity contribution is -0.130. The number of hydrogen-bond donors (Lipinski definition) is 0. The van der Waals surface area contributed by atoms with E-state index in [2.05, 4.69) is 6.92 Å². The topological polar surface area (TPSA) is 37.4 Å². The summed E-state index contributed by atoms with van der Waals surface area (Å²) >= 11 is 0. The zero-order valence-electron chi connectivity index (χ0n) is 12.9. The molecule has 1 atom stereocenters. The van der Waals surface area contributed by atoms with E-state index in [-0.39, 0.29) is 11.7 Å². The number of amides is 1. The SMILES string of the molecule is CCCC1CCC(=O)N(CCC(=O)c2ccccc2)CC1.